The van der Waals surface area contributed by atoms with Gasteiger partial charge >= 0.3 is 0 Å². The topological polar surface area (TPSA) is 136 Å². The van der Waals surface area contributed by atoms with E-state index in [0.717, 1.165) is 0 Å². The van der Waals surface area contributed by atoms with Crippen LogP contribution in [0.1, 0.15) is 13.8 Å². The summed E-state index contributed by atoms with van der Waals surface area (Å²) in [5.74, 6) is -0.300. The molecule has 1 heterocycles. The first kappa shape index (κ1) is 14.0. The summed E-state index contributed by atoms with van der Waals surface area (Å²) in [6.45, 7) is 3.59. The standard InChI is InChI=1S/C10H17N5O3/c1-5(2)18-10-7(11)9(14-4-15-10)13-3-6(16)8(12)17/h4-6,16H,3,11H2,1-2H3,(H2,12,17)(H,13,14,15). The summed E-state index contributed by atoms with van der Waals surface area (Å²) < 4.78 is 5.37. The Hall–Kier alpha value is -2.09. The van der Waals surface area contributed by atoms with Gasteiger partial charge in [-0.25, -0.2) is 4.98 Å². The third kappa shape index (κ3) is 3.74. The lowest BCUT2D eigenvalue weighted by atomic mass is 10.3. The van der Waals surface area contributed by atoms with Gasteiger partial charge in [0.2, 0.25) is 11.8 Å². The summed E-state index contributed by atoms with van der Waals surface area (Å²) in [5.41, 5.74) is 10.9. The van der Waals surface area contributed by atoms with E-state index in [4.69, 9.17) is 16.2 Å². The van der Waals surface area contributed by atoms with Gasteiger partial charge in [0, 0.05) is 0 Å². The number of aliphatic hydroxyl groups is 1. The van der Waals surface area contributed by atoms with E-state index in [-0.39, 0.29) is 30.0 Å². The zero-order valence-electron chi connectivity index (χ0n) is 10.3. The Kier molecular flexibility index (Phi) is 4.67. The van der Waals surface area contributed by atoms with Crippen LogP contribution < -0.4 is 21.5 Å². The molecule has 1 atom stereocenters. The minimum absolute atomic E-state index is 0.0775. The second kappa shape index (κ2) is 6.01. The van der Waals surface area contributed by atoms with Gasteiger partial charge in [-0.05, 0) is 13.8 Å². The number of nitrogens with two attached hydrogens (primary N) is 2. The zero-order valence-corrected chi connectivity index (χ0v) is 10.3. The summed E-state index contributed by atoms with van der Waals surface area (Å²) >= 11 is 0. The number of hydrogen-bond donors (Lipinski definition) is 4. The van der Waals surface area contributed by atoms with Gasteiger partial charge in [0.05, 0.1) is 12.6 Å². The maximum Gasteiger partial charge on any atom is 0.248 e. The molecule has 1 amide bonds. The minimum atomic E-state index is -1.31. The minimum Gasteiger partial charge on any atom is -0.473 e. The molecular formula is C10H17N5O3. The van der Waals surface area contributed by atoms with Crippen LogP contribution in [0.15, 0.2) is 6.33 Å². The lowest BCUT2D eigenvalue weighted by Crippen LogP contribution is -2.34. The van der Waals surface area contributed by atoms with E-state index in [1.807, 2.05) is 13.8 Å². The molecule has 1 aromatic heterocycles. The van der Waals surface area contributed by atoms with Crippen LogP contribution in [0.4, 0.5) is 11.5 Å². The molecule has 0 radical (unpaired) electrons. The third-order valence-corrected chi connectivity index (χ3v) is 1.99. The van der Waals surface area contributed by atoms with Crippen LogP contribution in [0.25, 0.3) is 0 Å². The fourth-order valence-corrected chi connectivity index (χ4v) is 1.13. The fraction of sp³-hybridized carbons (Fsp3) is 0.500. The predicted octanol–water partition coefficient (Wildman–Crippen LogP) is -0.896. The Morgan fingerprint density at radius 1 is 1.56 bits per heavy atom. The number of aliphatic hydroxyl groups excluding tert-OH is 1. The SMILES string of the molecule is CC(C)Oc1ncnc(NCC(O)C(N)=O)c1N. The van der Waals surface area contributed by atoms with Crippen molar-refractivity contribution in [3.8, 4) is 5.88 Å². The van der Waals surface area contributed by atoms with Crippen LogP contribution >= 0.6 is 0 Å². The van der Waals surface area contributed by atoms with Crippen molar-refractivity contribution >= 4 is 17.4 Å². The van der Waals surface area contributed by atoms with Gasteiger partial charge in [0.15, 0.2) is 5.82 Å². The van der Waals surface area contributed by atoms with E-state index >= 15 is 0 Å². The van der Waals surface area contributed by atoms with Crippen LogP contribution in [-0.4, -0.2) is 39.7 Å². The van der Waals surface area contributed by atoms with Gasteiger partial charge in [-0.2, -0.15) is 4.98 Å². The average molecular weight is 255 g/mol. The maximum absolute atomic E-state index is 10.7. The molecule has 0 aliphatic heterocycles. The summed E-state index contributed by atoms with van der Waals surface area (Å²) in [6, 6.07) is 0. The van der Waals surface area contributed by atoms with Crippen molar-refractivity contribution in [2.45, 2.75) is 26.1 Å². The van der Waals surface area contributed by atoms with Gasteiger partial charge in [-0.15, -0.1) is 0 Å². The molecule has 8 heteroatoms. The highest BCUT2D eigenvalue weighted by Crippen LogP contribution is 2.25. The van der Waals surface area contributed by atoms with Crippen molar-refractivity contribution in [2.24, 2.45) is 5.73 Å². The maximum atomic E-state index is 10.7. The number of nitrogen functional groups attached to an aromatic ring is 1. The number of carbonyl (C=O) groups is 1. The van der Waals surface area contributed by atoms with Gasteiger partial charge < -0.3 is 26.6 Å². The Morgan fingerprint density at radius 3 is 2.78 bits per heavy atom. The Balaban J connectivity index is 2.74. The first-order valence-electron chi connectivity index (χ1n) is 5.40. The Morgan fingerprint density at radius 2 is 2.22 bits per heavy atom. The first-order valence-corrected chi connectivity index (χ1v) is 5.40. The quantitative estimate of drug-likeness (QED) is 0.517. The molecule has 0 aromatic carbocycles. The van der Waals surface area contributed by atoms with Gasteiger partial charge in [0.1, 0.15) is 18.1 Å². The van der Waals surface area contributed by atoms with Crippen molar-refractivity contribution in [1.82, 2.24) is 9.97 Å². The summed E-state index contributed by atoms with van der Waals surface area (Å²) in [5, 5.41) is 11.9. The molecule has 6 N–H and O–H groups in total. The number of hydrogen-bond acceptors (Lipinski definition) is 7. The normalized spacial score (nSPS) is 12.2. The van der Waals surface area contributed by atoms with Crippen molar-refractivity contribution in [1.29, 1.82) is 0 Å². The number of nitrogens with zero attached hydrogens (tertiary/aromatic N) is 2. The van der Waals surface area contributed by atoms with Crippen LogP contribution in [-0.2, 0) is 4.79 Å². The molecule has 0 saturated heterocycles. The molecule has 0 aliphatic rings. The Labute approximate surface area is 104 Å². The highest BCUT2D eigenvalue weighted by Gasteiger charge is 2.14. The number of carbonyl (C=O) groups excluding carboxylic acids is 1. The van der Waals surface area contributed by atoms with Crippen LogP contribution in [0.5, 0.6) is 5.88 Å². The highest BCUT2D eigenvalue weighted by molar-refractivity contribution is 5.79. The van der Waals surface area contributed by atoms with E-state index in [1.165, 1.54) is 6.33 Å². The molecule has 0 spiro atoms. The molecule has 0 aliphatic carbocycles. The average Bonchev–Trinajstić information content (AvgIpc) is 2.29. The number of rotatable bonds is 6. The van der Waals surface area contributed by atoms with Crippen LogP contribution in [0.2, 0.25) is 0 Å². The van der Waals surface area contributed by atoms with E-state index in [0.29, 0.717) is 0 Å². The smallest absolute Gasteiger partial charge is 0.248 e. The number of anilines is 2. The zero-order chi connectivity index (χ0) is 13.7. The number of amides is 1. The molecule has 0 fully saturated rings. The number of aromatic nitrogens is 2. The summed E-state index contributed by atoms with van der Waals surface area (Å²) in [4.78, 5) is 18.4. The van der Waals surface area contributed by atoms with Gasteiger partial charge in [-0.1, -0.05) is 0 Å². The molecule has 1 aromatic rings. The van der Waals surface area contributed by atoms with E-state index in [9.17, 15) is 9.90 Å². The fourth-order valence-electron chi connectivity index (χ4n) is 1.13. The Bertz CT molecular complexity index is 424. The molecule has 1 rings (SSSR count). The third-order valence-electron chi connectivity index (χ3n) is 1.99. The largest absolute Gasteiger partial charge is 0.473 e. The van der Waals surface area contributed by atoms with E-state index < -0.39 is 12.0 Å². The van der Waals surface area contributed by atoms with Crippen LogP contribution in [0.3, 0.4) is 0 Å². The monoisotopic (exact) mass is 255 g/mol. The number of nitrogens with one attached hydrogen (secondary N) is 1. The molecule has 8 nitrogen and oxygen atoms in total. The molecule has 1 unspecified atom stereocenters. The first-order chi connectivity index (χ1) is 8.41. The molecule has 0 bridgehead atoms. The van der Waals surface area contributed by atoms with Crippen LogP contribution in [0, 0.1) is 0 Å². The van der Waals surface area contributed by atoms with Crippen molar-refractivity contribution in [3.63, 3.8) is 0 Å². The molecular weight excluding hydrogens is 238 g/mol. The molecule has 100 valence electrons. The second-order valence-electron chi connectivity index (χ2n) is 3.91. The number of primary amides is 1. The lowest BCUT2D eigenvalue weighted by molar-refractivity contribution is -0.125. The number of ether oxygens (including phenoxy) is 1. The van der Waals surface area contributed by atoms with Gasteiger partial charge in [-0.3, -0.25) is 4.79 Å². The highest BCUT2D eigenvalue weighted by atomic mass is 16.5. The van der Waals surface area contributed by atoms with Gasteiger partial charge in [0.25, 0.3) is 0 Å². The lowest BCUT2D eigenvalue weighted by Gasteiger charge is -2.14. The molecule has 18 heavy (non-hydrogen) atoms. The molecule has 0 saturated carbocycles. The van der Waals surface area contributed by atoms with E-state index in [1.54, 1.807) is 0 Å². The predicted molar refractivity (Wildman–Crippen MR) is 65.9 cm³/mol. The van der Waals surface area contributed by atoms with E-state index in [2.05, 4.69) is 15.3 Å². The van der Waals surface area contributed by atoms with Crippen molar-refractivity contribution in [3.05, 3.63) is 6.33 Å². The summed E-state index contributed by atoms with van der Waals surface area (Å²) in [7, 11) is 0. The summed E-state index contributed by atoms with van der Waals surface area (Å²) in [6.07, 6.45) is -0.118. The second-order valence-corrected chi connectivity index (χ2v) is 3.91. The van der Waals surface area contributed by atoms with Crippen molar-refractivity contribution in [2.75, 3.05) is 17.6 Å². The van der Waals surface area contributed by atoms with Crippen molar-refractivity contribution < 1.29 is 14.6 Å².